The molecule has 0 spiro atoms. The SMILES string of the molecule is CC(CC1CCCC1)C(=O)N1CCCCC1CN.Cl. The molecule has 4 heteroatoms. The van der Waals surface area contributed by atoms with Gasteiger partial charge in [0.05, 0.1) is 0 Å². The summed E-state index contributed by atoms with van der Waals surface area (Å²) in [7, 11) is 0. The van der Waals surface area contributed by atoms with Crippen LogP contribution in [0.5, 0.6) is 0 Å². The monoisotopic (exact) mass is 288 g/mol. The van der Waals surface area contributed by atoms with E-state index in [1.54, 1.807) is 0 Å². The number of hydrogen-bond acceptors (Lipinski definition) is 2. The van der Waals surface area contributed by atoms with Gasteiger partial charge in [0.1, 0.15) is 0 Å². The molecule has 2 rings (SSSR count). The van der Waals surface area contributed by atoms with Crippen molar-refractivity contribution >= 4 is 18.3 Å². The van der Waals surface area contributed by atoms with Gasteiger partial charge in [0.15, 0.2) is 0 Å². The van der Waals surface area contributed by atoms with Gasteiger partial charge in [0.25, 0.3) is 0 Å². The second-order valence-corrected chi connectivity index (χ2v) is 6.20. The molecule has 2 fully saturated rings. The molecule has 2 N–H and O–H groups in total. The minimum absolute atomic E-state index is 0. The van der Waals surface area contributed by atoms with Crippen molar-refractivity contribution in [2.75, 3.05) is 13.1 Å². The van der Waals surface area contributed by atoms with Gasteiger partial charge >= 0.3 is 0 Å². The standard InChI is InChI=1S/C15H28N2O.ClH/c1-12(10-13-6-2-3-7-13)15(18)17-9-5-4-8-14(17)11-16;/h12-14H,2-11,16H2,1H3;1H. The van der Waals surface area contributed by atoms with Crippen molar-refractivity contribution in [2.24, 2.45) is 17.6 Å². The number of amides is 1. The molecule has 0 aromatic carbocycles. The highest BCUT2D eigenvalue weighted by Gasteiger charge is 2.30. The third kappa shape index (κ3) is 4.35. The first-order valence-electron chi connectivity index (χ1n) is 7.73. The van der Waals surface area contributed by atoms with Crippen molar-refractivity contribution in [1.29, 1.82) is 0 Å². The van der Waals surface area contributed by atoms with Crippen LogP contribution in [0.3, 0.4) is 0 Å². The Morgan fingerprint density at radius 2 is 1.84 bits per heavy atom. The fraction of sp³-hybridized carbons (Fsp3) is 0.933. The van der Waals surface area contributed by atoms with Gasteiger partial charge in [0.2, 0.25) is 5.91 Å². The number of nitrogens with two attached hydrogens (primary N) is 1. The molecule has 1 aliphatic carbocycles. The van der Waals surface area contributed by atoms with E-state index >= 15 is 0 Å². The molecule has 2 unspecified atom stereocenters. The Kier molecular flexibility index (Phi) is 7.16. The van der Waals surface area contributed by atoms with E-state index in [-0.39, 0.29) is 18.3 Å². The summed E-state index contributed by atoms with van der Waals surface area (Å²) in [6, 6.07) is 0.303. The van der Waals surface area contributed by atoms with Gasteiger partial charge in [-0.25, -0.2) is 0 Å². The maximum absolute atomic E-state index is 12.5. The predicted octanol–water partition coefficient (Wildman–Crippen LogP) is 2.96. The average Bonchev–Trinajstić information content (AvgIpc) is 2.90. The Morgan fingerprint density at radius 1 is 1.21 bits per heavy atom. The Bertz CT molecular complexity index is 279. The van der Waals surface area contributed by atoms with Crippen molar-refractivity contribution in [1.82, 2.24) is 4.90 Å². The first-order valence-corrected chi connectivity index (χ1v) is 7.73. The predicted molar refractivity (Wildman–Crippen MR) is 81.4 cm³/mol. The van der Waals surface area contributed by atoms with Crippen LogP contribution in [-0.4, -0.2) is 29.9 Å². The summed E-state index contributed by atoms with van der Waals surface area (Å²) in [5, 5.41) is 0. The minimum atomic E-state index is 0. The van der Waals surface area contributed by atoms with E-state index in [2.05, 4.69) is 11.8 Å². The Labute approximate surface area is 123 Å². The molecule has 1 heterocycles. The third-order valence-electron chi connectivity index (χ3n) is 4.77. The second-order valence-electron chi connectivity index (χ2n) is 6.20. The maximum atomic E-state index is 12.5. The first kappa shape index (κ1) is 16.8. The van der Waals surface area contributed by atoms with Crippen molar-refractivity contribution in [3.63, 3.8) is 0 Å². The summed E-state index contributed by atoms with van der Waals surface area (Å²) in [5.74, 6) is 1.35. The highest BCUT2D eigenvalue weighted by atomic mass is 35.5. The van der Waals surface area contributed by atoms with E-state index < -0.39 is 0 Å². The summed E-state index contributed by atoms with van der Waals surface area (Å²) in [6.07, 6.45) is 9.95. The van der Waals surface area contributed by atoms with Crippen molar-refractivity contribution in [3.05, 3.63) is 0 Å². The molecular formula is C15H29ClN2O. The second kappa shape index (κ2) is 8.11. The number of rotatable bonds is 4. The zero-order chi connectivity index (χ0) is 13.0. The molecule has 0 bridgehead atoms. The van der Waals surface area contributed by atoms with Crippen LogP contribution in [-0.2, 0) is 4.79 Å². The Morgan fingerprint density at radius 3 is 2.47 bits per heavy atom. The van der Waals surface area contributed by atoms with E-state index in [9.17, 15) is 4.79 Å². The highest BCUT2D eigenvalue weighted by molar-refractivity contribution is 5.85. The molecule has 1 saturated heterocycles. The number of nitrogens with zero attached hydrogens (tertiary/aromatic N) is 1. The fourth-order valence-corrected chi connectivity index (χ4v) is 3.67. The Hall–Kier alpha value is -0.280. The van der Waals surface area contributed by atoms with Gasteiger partial charge in [-0.2, -0.15) is 0 Å². The summed E-state index contributed by atoms with van der Waals surface area (Å²) in [6.45, 7) is 3.67. The van der Waals surface area contributed by atoms with E-state index in [0.29, 0.717) is 18.5 Å². The van der Waals surface area contributed by atoms with E-state index in [1.165, 1.54) is 32.1 Å². The first-order chi connectivity index (χ1) is 8.72. The largest absolute Gasteiger partial charge is 0.338 e. The van der Waals surface area contributed by atoms with Crippen LogP contribution >= 0.6 is 12.4 Å². The van der Waals surface area contributed by atoms with Gasteiger partial charge in [-0.15, -0.1) is 12.4 Å². The summed E-state index contributed by atoms with van der Waals surface area (Å²) >= 11 is 0. The molecule has 19 heavy (non-hydrogen) atoms. The number of piperidine rings is 1. The molecule has 2 aliphatic rings. The lowest BCUT2D eigenvalue weighted by molar-refractivity contribution is -0.139. The molecule has 1 aliphatic heterocycles. The molecule has 1 amide bonds. The molecule has 2 atom stereocenters. The summed E-state index contributed by atoms with van der Waals surface area (Å²) in [4.78, 5) is 14.6. The number of likely N-dealkylation sites (tertiary alicyclic amines) is 1. The third-order valence-corrected chi connectivity index (χ3v) is 4.77. The van der Waals surface area contributed by atoms with Crippen molar-refractivity contribution < 1.29 is 4.79 Å². The molecular weight excluding hydrogens is 260 g/mol. The summed E-state index contributed by atoms with van der Waals surface area (Å²) in [5.41, 5.74) is 5.80. The van der Waals surface area contributed by atoms with Gasteiger partial charge in [-0.05, 0) is 31.6 Å². The maximum Gasteiger partial charge on any atom is 0.225 e. The van der Waals surface area contributed by atoms with E-state index in [4.69, 9.17) is 5.73 Å². The van der Waals surface area contributed by atoms with E-state index in [1.807, 2.05) is 0 Å². The Balaban J connectivity index is 0.00000180. The molecule has 3 nitrogen and oxygen atoms in total. The number of halogens is 1. The highest BCUT2D eigenvalue weighted by Crippen LogP contribution is 2.31. The topological polar surface area (TPSA) is 46.3 Å². The average molecular weight is 289 g/mol. The molecule has 0 aromatic heterocycles. The van der Waals surface area contributed by atoms with Crippen molar-refractivity contribution in [2.45, 2.75) is 64.3 Å². The van der Waals surface area contributed by atoms with Crippen LogP contribution < -0.4 is 5.73 Å². The van der Waals surface area contributed by atoms with Crippen molar-refractivity contribution in [3.8, 4) is 0 Å². The minimum Gasteiger partial charge on any atom is -0.338 e. The van der Waals surface area contributed by atoms with Gasteiger partial charge < -0.3 is 10.6 Å². The lowest BCUT2D eigenvalue weighted by Crippen LogP contribution is -2.49. The molecule has 112 valence electrons. The molecule has 1 saturated carbocycles. The quantitative estimate of drug-likeness (QED) is 0.864. The summed E-state index contributed by atoms with van der Waals surface area (Å²) < 4.78 is 0. The molecule has 0 radical (unpaired) electrons. The van der Waals surface area contributed by atoms with Gasteiger partial charge in [-0.3, -0.25) is 4.79 Å². The normalized spacial score (nSPS) is 26.0. The fourth-order valence-electron chi connectivity index (χ4n) is 3.67. The lowest BCUT2D eigenvalue weighted by atomic mass is 9.92. The van der Waals surface area contributed by atoms with Gasteiger partial charge in [-0.1, -0.05) is 32.6 Å². The lowest BCUT2D eigenvalue weighted by Gasteiger charge is -2.37. The van der Waals surface area contributed by atoms with Crippen LogP contribution in [0, 0.1) is 11.8 Å². The van der Waals surface area contributed by atoms with E-state index in [0.717, 1.165) is 31.7 Å². The van der Waals surface area contributed by atoms with Crippen LogP contribution in [0.1, 0.15) is 58.3 Å². The zero-order valence-electron chi connectivity index (χ0n) is 12.1. The van der Waals surface area contributed by atoms with Crippen LogP contribution in [0.2, 0.25) is 0 Å². The van der Waals surface area contributed by atoms with Crippen LogP contribution in [0.25, 0.3) is 0 Å². The number of hydrogen-bond donors (Lipinski definition) is 1. The number of carbonyl (C=O) groups is 1. The number of carbonyl (C=O) groups excluding carboxylic acids is 1. The van der Waals surface area contributed by atoms with Crippen LogP contribution in [0.4, 0.5) is 0 Å². The zero-order valence-corrected chi connectivity index (χ0v) is 13.0. The van der Waals surface area contributed by atoms with Crippen LogP contribution in [0.15, 0.2) is 0 Å². The smallest absolute Gasteiger partial charge is 0.225 e. The molecule has 0 aromatic rings. The van der Waals surface area contributed by atoms with Gasteiger partial charge in [0, 0.05) is 25.0 Å².